The van der Waals surface area contributed by atoms with Gasteiger partial charge in [0.2, 0.25) is 0 Å². The normalized spacial score (nSPS) is 8.82. The number of hydrogen-bond donors (Lipinski definition) is 0. The lowest BCUT2D eigenvalue weighted by molar-refractivity contribution is 0.938. The Labute approximate surface area is 135 Å². The molecule has 0 fully saturated rings. The fourth-order valence-electron chi connectivity index (χ4n) is 1.48. The van der Waals surface area contributed by atoms with Crippen molar-refractivity contribution in [3.63, 3.8) is 0 Å². The SMILES string of the molecule is CC.CCN(C)c1ccccn1.CCN(C)c1ccccn1. The number of nitrogens with zero attached hydrogens (tertiary/aromatic N) is 4. The van der Waals surface area contributed by atoms with Gasteiger partial charge < -0.3 is 9.80 Å². The Balaban J connectivity index is 0.000000360. The number of pyridine rings is 2. The van der Waals surface area contributed by atoms with E-state index in [9.17, 15) is 0 Å². The average molecular weight is 302 g/mol. The maximum absolute atomic E-state index is 4.18. The van der Waals surface area contributed by atoms with E-state index in [0.717, 1.165) is 24.7 Å². The molecule has 0 saturated heterocycles. The van der Waals surface area contributed by atoms with Crippen molar-refractivity contribution in [3.05, 3.63) is 48.8 Å². The molecule has 0 unspecified atom stereocenters. The summed E-state index contributed by atoms with van der Waals surface area (Å²) in [4.78, 5) is 12.5. The molecule has 0 aliphatic heterocycles. The molecule has 0 radical (unpaired) electrons. The first-order chi connectivity index (χ1) is 10.7. The van der Waals surface area contributed by atoms with Gasteiger partial charge in [-0.2, -0.15) is 0 Å². The standard InChI is InChI=1S/2C8H12N2.C2H6/c2*1-3-10(2)8-6-4-5-7-9-8;1-2/h2*4-7H,3H2,1-2H3;1-2H3. The van der Waals surface area contributed by atoms with Crippen LogP contribution in [0.2, 0.25) is 0 Å². The summed E-state index contributed by atoms with van der Waals surface area (Å²) < 4.78 is 0. The van der Waals surface area contributed by atoms with Crippen LogP contribution in [0.25, 0.3) is 0 Å². The Hall–Kier alpha value is -2.10. The van der Waals surface area contributed by atoms with Crippen molar-refractivity contribution in [1.82, 2.24) is 9.97 Å². The third kappa shape index (κ3) is 7.62. The quantitative estimate of drug-likeness (QED) is 0.851. The zero-order valence-corrected chi connectivity index (χ0v) is 14.8. The van der Waals surface area contributed by atoms with Gasteiger partial charge in [0, 0.05) is 39.6 Å². The molecule has 0 amide bonds. The monoisotopic (exact) mass is 302 g/mol. The van der Waals surface area contributed by atoms with Crippen molar-refractivity contribution >= 4 is 11.6 Å². The smallest absolute Gasteiger partial charge is 0.128 e. The zero-order valence-electron chi connectivity index (χ0n) is 14.8. The molecule has 0 bridgehead atoms. The van der Waals surface area contributed by atoms with Crippen LogP contribution in [0.5, 0.6) is 0 Å². The van der Waals surface area contributed by atoms with Crippen molar-refractivity contribution in [2.45, 2.75) is 27.7 Å². The van der Waals surface area contributed by atoms with E-state index in [1.807, 2.05) is 76.7 Å². The van der Waals surface area contributed by atoms with E-state index in [1.165, 1.54) is 0 Å². The second kappa shape index (κ2) is 12.6. The molecule has 22 heavy (non-hydrogen) atoms. The van der Waals surface area contributed by atoms with E-state index >= 15 is 0 Å². The minimum atomic E-state index is 0.997. The van der Waals surface area contributed by atoms with Crippen molar-refractivity contribution in [2.24, 2.45) is 0 Å². The molecule has 0 aliphatic rings. The molecule has 2 aromatic heterocycles. The molecule has 0 atom stereocenters. The summed E-state index contributed by atoms with van der Waals surface area (Å²) in [5.41, 5.74) is 0. The second-order valence-electron chi connectivity index (χ2n) is 4.40. The van der Waals surface area contributed by atoms with Crippen LogP contribution < -0.4 is 9.80 Å². The van der Waals surface area contributed by atoms with Crippen molar-refractivity contribution in [1.29, 1.82) is 0 Å². The van der Waals surface area contributed by atoms with Gasteiger partial charge in [-0.25, -0.2) is 9.97 Å². The number of rotatable bonds is 4. The van der Waals surface area contributed by atoms with Gasteiger partial charge in [0.15, 0.2) is 0 Å². The number of aromatic nitrogens is 2. The Morgan fingerprint density at radius 3 is 1.32 bits per heavy atom. The molecule has 0 spiro atoms. The maximum Gasteiger partial charge on any atom is 0.128 e. The number of hydrogen-bond acceptors (Lipinski definition) is 4. The lowest BCUT2D eigenvalue weighted by Crippen LogP contribution is -2.16. The van der Waals surface area contributed by atoms with E-state index in [2.05, 4.69) is 33.6 Å². The highest BCUT2D eigenvalue weighted by Gasteiger charge is 1.95. The first-order valence-corrected chi connectivity index (χ1v) is 7.93. The van der Waals surface area contributed by atoms with E-state index in [1.54, 1.807) is 0 Å². The molecule has 4 nitrogen and oxygen atoms in total. The molecular weight excluding hydrogens is 272 g/mol. The average Bonchev–Trinajstić information content (AvgIpc) is 2.64. The minimum Gasteiger partial charge on any atom is -0.360 e. The summed E-state index contributed by atoms with van der Waals surface area (Å²) in [6.07, 6.45) is 3.61. The first-order valence-electron chi connectivity index (χ1n) is 7.93. The predicted molar refractivity (Wildman–Crippen MR) is 97.7 cm³/mol. The first kappa shape index (κ1) is 19.9. The summed E-state index contributed by atoms with van der Waals surface area (Å²) >= 11 is 0. The highest BCUT2D eigenvalue weighted by atomic mass is 15.2. The van der Waals surface area contributed by atoms with Crippen LogP contribution in [0.1, 0.15) is 27.7 Å². The molecule has 0 N–H and O–H groups in total. The summed E-state index contributed by atoms with van der Waals surface area (Å²) in [7, 11) is 4.06. The van der Waals surface area contributed by atoms with Crippen LogP contribution in [-0.2, 0) is 0 Å². The predicted octanol–water partition coefficient (Wildman–Crippen LogP) is 4.10. The van der Waals surface area contributed by atoms with Gasteiger partial charge in [0.1, 0.15) is 11.6 Å². The van der Waals surface area contributed by atoms with Crippen LogP contribution in [0, 0.1) is 0 Å². The third-order valence-corrected chi connectivity index (χ3v) is 3.03. The Morgan fingerprint density at radius 1 is 0.727 bits per heavy atom. The van der Waals surface area contributed by atoms with Crippen LogP contribution in [-0.4, -0.2) is 37.2 Å². The molecule has 0 aliphatic carbocycles. The van der Waals surface area contributed by atoms with Gasteiger partial charge in [-0.15, -0.1) is 0 Å². The topological polar surface area (TPSA) is 32.3 Å². The fraction of sp³-hybridized carbons (Fsp3) is 0.444. The van der Waals surface area contributed by atoms with E-state index in [-0.39, 0.29) is 0 Å². The Morgan fingerprint density at radius 2 is 1.09 bits per heavy atom. The van der Waals surface area contributed by atoms with Gasteiger partial charge in [-0.1, -0.05) is 26.0 Å². The molecule has 122 valence electrons. The van der Waals surface area contributed by atoms with E-state index in [0.29, 0.717) is 0 Å². The lowest BCUT2D eigenvalue weighted by Gasteiger charge is -2.13. The van der Waals surface area contributed by atoms with Crippen molar-refractivity contribution < 1.29 is 0 Å². The Kier molecular flexibility index (Phi) is 11.4. The summed E-state index contributed by atoms with van der Waals surface area (Å²) in [6.45, 7) is 10.2. The molecule has 0 saturated carbocycles. The molecule has 2 rings (SSSR count). The lowest BCUT2D eigenvalue weighted by atomic mass is 10.4. The van der Waals surface area contributed by atoms with E-state index < -0.39 is 0 Å². The molecule has 0 aromatic carbocycles. The van der Waals surface area contributed by atoms with Gasteiger partial charge in [-0.05, 0) is 38.1 Å². The molecule has 4 heteroatoms. The summed E-state index contributed by atoms with van der Waals surface area (Å²) in [6, 6.07) is 11.8. The van der Waals surface area contributed by atoms with Crippen LogP contribution >= 0.6 is 0 Å². The maximum atomic E-state index is 4.18. The second-order valence-corrected chi connectivity index (χ2v) is 4.40. The van der Waals surface area contributed by atoms with Crippen LogP contribution in [0.3, 0.4) is 0 Å². The summed E-state index contributed by atoms with van der Waals surface area (Å²) in [5, 5.41) is 0. The number of anilines is 2. The van der Waals surface area contributed by atoms with Crippen LogP contribution in [0.15, 0.2) is 48.8 Å². The van der Waals surface area contributed by atoms with Gasteiger partial charge >= 0.3 is 0 Å². The van der Waals surface area contributed by atoms with Gasteiger partial charge in [-0.3, -0.25) is 0 Å². The van der Waals surface area contributed by atoms with Crippen molar-refractivity contribution in [3.8, 4) is 0 Å². The van der Waals surface area contributed by atoms with E-state index in [4.69, 9.17) is 0 Å². The zero-order chi connectivity index (χ0) is 16.8. The largest absolute Gasteiger partial charge is 0.360 e. The van der Waals surface area contributed by atoms with Crippen molar-refractivity contribution in [2.75, 3.05) is 37.0 Å². The fourth-order valence-corrected chi connectivity index (χ4v) is 1.48. The highest BCUT2D eigenvalue weighted by molar-refractivity contribution is 5.36. The van der Waals surface area contributed by atoms with Crippen LogP contribution in [0.4, 0.5) is 11.6 Å². The summed E-state index contributed by atoms with van der Waals surface area (Å²) in [5.74, 6) is 2.06. The molecule has 2 aromatic rings. The Bertz CT molecular complexity index is 414. The van der Waals surface area contributed by atoms with Gasteiger partial charge in [0.25, 0.3) is 0 Å². The third-order valence-electron chi connectivity index (χ3n) is 3.03. The highest BCUT2D eigenvalue weighted by Crippen LogP contribution is 2.05. The molecular formula is C18H30N4. The molecule has 2 heterocycles. The van der Waals surface area contributed by atoms with Gasteiger partial charge in [0.05, 0.1) is 0 Å². The minimum absolute atomic E-state index is 0.997.